The molecule has 3 atom stereocenters. The summed E-state index contributed by atoms with van der Waals surface area (Å²) in [4.78, 5) is 51.7. The maximum absolute atomic E-state index is 13.9. The molecule has 0 unspecified atom stereocenters. The van der Waals surface area contributed by atoms with Crippen LogP contribution in [-0.4, -0.2) is 62.0 Å². The Morgan fingerprint density at radius 2 is 1.88 bits per heavy atom. The monoisotopic (exact) mass is 636 g/mol. The van der Waals surface area contributed by atoms with Gasteiger partial charge in [-0.05, 0) is 54.0 Å². The Morgan fingerprint density at radius 1 is 1.24 bits per heavy atom. The van der Waals surface area contributed by atoms with Crippen molar-refractivity contribution in [2.24, 2.45) is 11.3 Å². The van der Waals surface area contributed by atoms with Crippen molar-refractivity contribution in [3.05, 3.63) is 67.7 Å². The number of aliphatic hydroxyl groups excluding tert-OH is 1. The van der Waals surface area contributed by atoms with Gasteiger partial charge >= 0.3 is 5.97 Å². The van der Waals surface area contributed by atoms with Crippen molar-refractivity contribution in [3.8, 4) is 5.75 Å². The molecular formula is C28H32N2O9S3. The van der Waals surface area contributed by atoms with Crippen LogP contribution in [0.3, 0.4) is 0 Å². The fourth-order valence-corrected chi connectivity index (χ4v) is 6.26. The van der Waals surface area contributed by atoms with Gasteiger partial charge in [0.2, 0.25) is 16.7 Å². The van der Waals surface area contributed by atoms with Gasteiger partial charge in [0.05, 0.1) is 29.4 Å². The normalized spacial score (nSPS) is 18.0. The molecule has 226 valence electrons. The van der Waals surface area contributed by atoms with E-state index in [2.05, 4.69) is 0 Å². The number of allylic oxidation sites excluding steroid dienone is 1. The van der Waals surface area contributed by atoms with Crippen LogP contribution in [0.1, 0.15) is 49.9 Å². The van der Waals surface area contributed by atoms with Crippen LogP contribution in [0.4, 0.5) is 5.69 Å². The quantitative estimate of drug-likeness (QED) is 0.0631. The van der Waals surface area contributed by atoms with Crippen LogP contribution in [0.15, 0.2) is 47.2 Å². The second-order valence-corrected chi connectivity index (χ2v) is 13.0. The first kappa shape index (κ1) is 33.2. The van der Waals surface area contributed by atoms with E-state index in [0.717, 1.165) is 11.3 Å². The minimum absolute atomic E-state index is 0.0369. The van der Waals surface area contributed by atoms with Crippen molar-refractivity contribution in [2.75, 3.05) is 12.9 Å². The second-order valence-electron chi connectivity index (χ2n) is 10.3. The number of benzene rings is 1. The number of ketones is 1. The summed E-state index contributed by atoms with van der Waals surface area (Å²) in [6, 6.07) is 7.15. The Labute approximate surface area is 257 Å². The number of ether oxygens (including phenoxy) is 3. The van der Waals surface area contributed by atoms with E-state index in [1.807, 2.05) is 6.92 Å². The van der Waals surface area contributed by atoms with Gasteiger partial charge in [-0.3, -0.25) is 24.6 Å². The van der Waals surface area contributed by atoms with E-state index in [9.17, 15) is 29.6 Å². The molecule has 1 aliphatic rings. The SMILES string of the molecule is CCS[C@@H]1[C@@H]([C@@H](C)O)C(=O)N1C(C(=S)OCc1ccc([N+](=O)[O-])cc1)=C(Oc1ccsc1C(=O)OC)C(=O)C(C)(C)C. The number of likely N-dealkylation sites (tertiary alicyclic amines) is 1. The highest BCUT2D eigenvalue weighted by Crippen LogP contribution is 2.43. The van der Waals surface area contributed by atoms with Crippen molar-refractivity contribution in [2.45, 2.75) is 52.7 Å². The van der Waals surface area contributed by atoms with E-state index in [0.29, 0.717) is 11.3 Å². The number of hydrogen-bond donors (Lipinski definition) is 1. The Kier molecular flexibility index (Phi) is 10.9. The molecule has 2 heterocycles. The molecule has 1 aromatic heterocycles. The number of β-lactam (4-membered cyclic amide) rings is 1. The number of hydrogen-bond acceptors (Lipinski definition) is 12. The number of thiophene rings is 1. The number of rotatable bonds is 12. The first-order chi connectivity index (χ1) is 19.7. The smallest absolute Gasteiger partial charge is 0.351 e. The van der Waals surface area contributed by atoms with E-state index in [1.54, 1.807) is 26.2 Å². The molecule has 1 aliphatic heterocycles. The van der Waals surface area contributed by atoms with Crippen LogP contribution in [0.2, 0.25) is 0 Å². The van der Waals surface area contributed by atoms with Crippen LogP contribution in [0, 0.1) is 21.4 Å². The van der Waals surface area contributed by atoms with Crippen molar-refractivity contribution in [3.63, 3.8) is 0 Å². The van der Waals surface area contributed by atoms with Gasteiger partial charge in [-0.25, -0.2) is 4.79 Å². The van der Waals surface area contributed by atoms with Crippen LogP contribution in [-0.2, 0) is 25.7 Å². The molecule has 42 heavy (non-hydrogen) atoms. The molecule has 14 heteroatoms. The van der Waals surface area contributed by atoms with E-state index in [-0.39, 0.29) is 39.4 Å². The molecule has 1 N–H and O–H groups in total. The van der Waals surface area contributed by atoms with Crippen molar-refractivity contribution >= 4 is 63.7 Å². The molecule has 2 aromatic rings. The highest BCUT2D eigenvalue weighted by molar-refractivity contribution is 8.00. The van der Waals surface area contributed by atoms with Gasteiger partial charge in [0.25, 0.3) is 5.69 Å². The maximum Gasteiger partial charge on any atom is 0.351 e. The fourth-order valence-electron chi connectivity index (χ4n) is 4.02. The van der Waals surface area contributed by atoms with Gasteiger partial charge in [0, 0.05) is 17.5 Å². The van der Waals surface area contributed by atoms with Crippen LogP contribution >= 0.6 is 35.3 Å². The Hall–Kier alpha value is -3.33. The Bertz CT molecular complexity index is 1390. The number of methoxy groups -OCH3 is 1. The Morgan fingerprint density at radius 3 is 2.40 bits per heavy atom. The standard InChI is InChI=1S/C28H32N2O9S3/c1-7-41-25-19(15(2)31)24(33)29(25)20(27(40)38-14-16-8-10-17(11-9-16)30(35)36)21(23(32)28(3,4)5)39-18-12-13-42-22(18)26(34)37-6/h8-13,15,19,25,31H,7,14H2,1-6H3/t15-,19+,25-/m1/s1. The molecule has 0 bridgehead atoms. The van der Waals surface area contributed by atoms with Crippen molar-refractivity contribution < 1.29 is 38.6 Å². The molecule has 1 fully saturated rings. The molecule has 11 nitrogen and oxygen atoms in total. The number of nitro benzene ring substituents is 1. The Balaban J connectivity index is 2.16. The van der Waals surface area contributed by atoms with E-state index < -0.39 is 45.4 Å². The van der Waals surface area contributed by atoms with Crippen LogP contribution in [0.5, 0.6) is 5.75 Å². The number of Topliss-reactive ketones (excluding diaryl/α,β-unsaturated/α-hetero) is 1. The summed E-state index contributed by atoms with van der Waals surface area (Å²) in [6.07, 6.45) is -0.973. The number of thiocarbonyl (C=S) groups is 1. The number of aliphatic hydroxyl groups is 1. The number of nitro groups is 1. The van der Waals surface area contributed by atoms with Crippen LogP contribution < -0.4 is 4.74 Å². The second kappa shape index (κ2) is 13.8. The minimum Gasteiger partial charge on any atom is -0.477 e. The molecule has 0 radical (unpaired) electrons. The predicted octanol–water partition coefficient (Wildman–Crippen LogP) is 5.11. The van der Waals surface area contributed by atoms with Crippen molar-refractivity contribution in [1.29, 1.82) is 0 Å². The summed E-state index contributed by atoms with van der Waals surface area (Å²) in [5.74, 6) is -2.12. The zero-order valence-corrected chi connectivity index (χ0v) is 26.4. The van der Waals surface area contributed by atoms with Gasteiger partial charge < -0.3 is 19.3 Å². The number of esters is 1. The van der Waals surface area contributed by atoms with Gasteiger partial charge in [-0.1, -0.05) is 27.7 Å². The number of non-ortho nitro benzene ring substituents is 1. The zero-order chi connectivity index (χ0) is 31.4. The van der Waals surface area contributed by atoms with Gasteiger partial charge in [0.15, 0.2) is 16.4 Å². The number of amides is 1. The van der Waals surface area contributed by atoms with Gasteiger partial charge in [0.1, 0.15) is 12.3 Å². The zero-order valence-electron chi connectivity index (χ0n) is 23.9. The summed E-state index contributed by atoms with van der Waals surface area (Å²) in [5.41, 5.74) is -0.669. The number of nitrogens with zero attached hydrogens (tertiary/aromatic N) is 2. The third-order valence-corrected chi connectivity index (χ3v) is 8.57. The molecule has 3 rings (SSSR count). The van der Waals surface area contributed by atoms with Gasteiger partial charge in [-0.15, -0.1) is 23.1 Å². The van der Waals surface area contributed by atoms with Crippen molar-refractivity contribution in [1.82, 2.24) is 4.90 Å². The summed E-state index contributed by atoms with van der Waals surface area (Å²) >= 11 is 8.09. The third kappa shape index (κ3) is 7.17. The average molecular weight is 637 g/mol. The molecule has 0 saturated carbocycles. The summed E-state index contributed by atoms with van der Waals surface area (Å²) in [6.45, 7) is 8.28. The summed E-state index contributed by atoms with van der Waals surface area (Å²) < 4.78 is 16.9. The topological polar surface area (TPSA) is 146 Å². The first-order valence-electron chi connectivity index (χ1n) is 12.9. The summed E-state index contributed by atoms with van der Waals surface area (Å²) in [5, 5.41) is 22.2. The third-order valence-electron chi connectivity index (χ3n) is 6.21. The fraction of sp³-hybridized carbons (Fsp3) is 0.429. The number of carbonyl (C=O) groups excluding carboxylic acids is 3. The van der Waals surface area contributed by atoms with Crippen LogP contribution in [0.25, 0.3) is 0 Å². The minimum atomic E-state index is -1.01. The van der Waals surface area contributed by atoms with E-state index in [4.69, 9.17) is 26.4 Å². The lowest BCUT2D eigenvalue weighted by atomic mass is 9.87. The lowest BCUT2D eigenvalue weighted by molar-refractivity contribution is -0.384. The molecule has 1 aromatic carbocycles. The van der Waals surface area contributed by atoms with Gasteiger partial charge in [-0.2, -0.15) is 0 Å². The predicted molar refractivity (Wildman–Crippen MR) is 162 cm³/mol. The number of carbonyl (C=O) groups is 3. The van der Waals surface area contributed by atoms with E-state index in [1.165, 1.54) is 61.0 Å². The maximum atomic E-state index is 13.9. The number of thioether (sulfide) groups is 1. The molecule has 0 aliphatic carbocycles. The molecule has 1 amide bonds. The average Bonchev–Trinajstić information content (AvgIpc) is 3.40. The molecule has 0 spiro atoms. The molecule has 1 saturated heterocycles. The highest BCUT2D eigenvalue weighted by Gasteiger charge is 2.54. The largest absolute Gasteiger partial charge is 0.477 e. The lowest BCUT2D eigenvalue weighted by Gasteiger charge is -2.48. The first-order valence-corrected chi connectivity index (χ1v) is 15.2. The van der Waals surface area contributed by atoms with E-state index >= 15 is 0 Å². The molecular weight excluding hydrogens is 605 g/mol. The summed E-state index contributed by atoms with van der Waals surface area (Å²) in [7, 11) is 1.22. The lowest BCUT2D eigenvalue weighted by Crippen LogP contribution is -2.63. The highest BCUT2D eigenvalue weighted by atomic mass is 32.2.